The molecule has 3 amide bonds. The van der Waals surface area contributed by atoms with Crippen molar-refractivity contribution < 1.29 is 19.1 Å². The van der Waals surface area contributed by atoms with Crippen LogP contribution >= 0.6 is 0 Å². The molecule has 2 aromatic carbocycles. The largest absolute Gasteiger partial charge is 0.497 e. The standard InChI is InChI=1S/C26H31N3O4/c1-19-8-10-20(11-9-19)24(30)29-12-4-6-22(18-29)26(32)28-15-13-27(14-16-28)25(31)21-5-3-7-23(17-21)33-2/h3,5,7-11,17,22H,4,6,12-16,18H2,1-2H3. The minimum Gasteiger partial charge on any atom is -0.497 e. The lowest BCUT2D eigenvalue weighted by Gasteiger charge is -2.39. The van der Waals surface area contributed by atoms with E-state index in [1.54, 1.807) is 35.1 Å². The normalized spacial score (nSPS) is 18.7. The van der Waals surface area contributed by atoms with Crippen LogP contribution < -0.4 is 4.74 Å². The zero-order valence-electron chi connectivity index (χ0n) is 19.3. The second-order valence-corrected chi connectivity index (χ2v) is 8.81. The van der Waals surface area contributed by atoms with Crippen molar-refractivity contribution in [2.75, 3.05) is 46.4 Å². The number of hydrogen-bond donors (Lipinski definition) is 0. The molecule has 0 aliphatic carbocycles. The van der Waals surface area contributed by atoms with Crippen LogP contribution in [0, 0.1) is 12.8 Å². The zero-order chi connectivity index (χ0) is 23.4. The molecule has 0 bridgehead atoms. The van der Waals surface area contributed by atoms with Crippen LogP contribution in [-0.4, -0.2) is 78.8 Å². The van der Waals surface area contributed by atoms with Gasteiger partial charge in [0, 0.05) is 50.4 Å². The molecule has 1 atom stereocenters. The predicted octanol–water partition coefficient (Wildman–Crippen LogP) is 2.84. The Bertz CT molecular complexity index is 1010. The smallest absolute Gasteiger partial charge is 0.254 e. The SMILES string of the molecule is COc1cccc(C(=O)N2CCN(C(=O)C3CCCN(C(=O)c4ccc(C)cc4)C3)CC2)c1. The molecule has 33 heavy (non-hydrogen) atoms. The van der Waals surface area contributed by atoms with Crippen LogP contribution in [0.2, 0.25) is 0 Å². The second-order valence-electron chi connectivity index (χ2n) is 8.81. The van der Waals surface area contributed by atoms with Crippen molar-refractivity contribution in [3.8, 4) is 5.75 Å². The molecular formula is C26H31N3O4. The highest BCUT2D eigenvalue weighted by Crippen LogP contribution is 2.22. The van der Waals surface area contributed by atoms with Gasteiger partial charge < -0.3 is 19.4 Å². The summed E-state index contributed by atoms with van der Waals surface area (Å²) < 4.78 is 5.22. The molecule has 2 saturated heterocycles. The number of methoxy groups -OCH3 is 1. The number of likely N-dealkylation sites (tertiary alicyclic amines) is 1. The zero-order valence-corrected chi connectivity index (χ0v) is 19.3. The van der Waals surface area contributed by atoms with Crippen LogP contribution in [0.5, 0.6) is 5.75 Å². The molecule has 0 radical (unpaired) electrons. The average Bonchev–Trinajstić information content (AvgIpc) is 2.88. The number of carbonyl (C=O) groups is 3. The lowest BCUT2D eigenvalue weighted by Crippen LogP contribution is -2.54. The number of piperidine rings is 1. The molecule has 2 aliphatic rings. The minimum absolute atomic E-state index is 0.0128. The van der Waals surface area contributed by atoms with E-state index in [1.807, 2.05) is 42.2 Å². The predicted molar refractivity (Wildman–Crippen MR) is 125 cm³/mol. The summed E-state index contributed by atoms with van der Waals surface area (Å²) in [7, 11) is 1.58. The molecule has 0 spiro atoms. The molecule has 0 aromatic heterocycles. The van der Waals surface area contributed by atoms with E-state index in [0.717, 1.165) is 18.4 Å². The molecule has 2 aromatic rings. The quantitative estimate of drug-likeness (QED) is 0.720. The second kappa shape index (κ2) is 10.1. The van der Waals surface area contributed by atoms with Crippen molar-refractivity contribution in [1.29, 1.82) is 0 Å². The van der Waals surface area contributed by atoms with Crippen LogP contribution in [0.4, 0.5) is 0 Å². The third-order valence-electron chi connectivity index (χ3n) is 6.55. The van der Waals surface area contributed by atoms with E-state index in [0.29, 0.717) is 56.1 Å². The molecule has 174 valence electrons. The van der Waals surface area contributed by atoms with Gasteiger partial charge in [0.1, 0.15) is 5.75 Å². The highest BCUT2D eigenvalue weighted by molar-refractivity contribution is 5.95. The molecule has 1 unspecified atom stereocenters. The van der Waals surface area contributed by atoms with E-state index in [-0.39, 0.29) is 23.6 Å². The fraction of sp³-hybridized carbons (Fsp3) is 0.423. The maximum Gasteiger partial charge on any atom is 0.254 e. The van der Waals surface area contributed by atoms with Gasteiger partial charge in [0.2, 0.25) is 5.91 Å². The molecule has 0 N–H and O–H groups in total. The first kappa shape index (κ1) is 22.8. The van der Waals surface area contributed by atoms with Gasteiger partial charge in [-0.2, -0.15) is 0 Å². The van der Waals surface area contributed by atoms with Crippen molar-refractivity contribution in [2.24, 2.45) is 5.92 Å². The number of piperazine rings is 1. The Labute approximate surface area is 194 Å². The van der Waals surface area contributed by atoms with Gasteiger partial charge in [-0.3, -0.25) is 14.4 Å². The van der Waals surface area contributed by atoms with Gasteiger partial charge in [-0.1, -0.05) is 23.8 Å². The van der Waals surface area contributed by atoms with Gasteiger partial charge in [0.25, 0.3) is 11.8 Å². The van der Waals surface area contributed by atoms with Crippen molar-refractivity contribution in [1.82, 2.24) is 14.7 Å². The van der Waals surface area contributed by atoms with Crippen molar-refractivity contribution in [3.63, 3.8) is 0 Å². The Balaban J connectivity index is 1.33. The van der Waals surface area contributed by atoms with Crippen LogP contribution in [0.3, 0.4) is 0 Å². The van der Waals surface area contributed by atoms with Gasteiger partial charge in [0.05, 0.1) is 13.0 Å². The number of rotatable bonds is 4. The van der Waals surface area contributed by atoms with Crippen molar-refractivity contribution in [2.45, 2.75) is 19.8 Å². The lowest BCUT2D eigenvalue weighted by molar-refractivity contribution is -0.138. The first-order valence-electron chi connectivity index (χ1n) is 11.5. The molecule has 2 fully saturated rings. The third kappa shape index (κ3) is 5.18. The number of aryl methyl sites for hydroxylation is 1. The lowest BCUT2D eigenvalue weighted by atomic mass is 9.95. The first-order chi connectivity index (χ1) is 16.0. The maximum absolute atomic E-state index is 13.2. The van der Waals surface area contributed by atoms with Crippen molar-refractivity contribution >= 4 is 17.7 Å². The van der Waals surface area contributed by atoms with Gasteiger partial charge in [-0.05, 0) is 50.1 Å². The van der Waals surface area contributed by atoms with Crippen LogP contribution in [0.1, 0.15) is 39.1 Å². The summed E-state index contributed by atoms with van der Waals surface area (Å²) in [6.07, 6.45) is 1.61. The summed E-state index contributed by atoms with van der Waals surface area (Å²) in [6.45, 7) is 5.15. The number of nitrogens with zero attached hydrogens (tertiary/aromatic N) is 3. The summed E-state index contributed by atoms with van der Waals surface area (Å²) in [6, 6.07) is 14.7. The first-order valence-corrected chi connectivity index (χ1v) is 11.5. The molecular weight excluding hydrogens is 418 g/mol. The fourth-order valence-electron chi connectivity index (χ4n) is 4.57. The number of ether oxygens (including phenoxy) is 1. The Morgan fingerprint density at radius 1 is 0.818 bits per heavy atom. The van der Waals surface area contributed by atoms with Gasteiger partial charge in [-0.15, -0.1) is 0 Å². The molecule has 2 heterocycles. The van der Waals surface area contributed by atoms with E-state index in [2.05, 4.69) is 0 Å². The monoisotopic (exact) mass is 449 g/mol. The van der Waals surface area contributed by atoms with Crippen molar-refractivity contribution in [3.05, 3.63) is 65.2 Å². The fourth-order valence-corrected chi connectivity index (χ4v) is 4.57. The molecule has 4 rings (SSSR count). The molecule has 0 saturated carbocycles. The van der Waals surface area contributed by atoms with E-state index in [1.165, 1.54) is 0 Å². The van der Waals surface area contributed by atoms with Crippen LogP contribution in [-0.2, 0) is 4.79 Å². The summed E-state index contributed by atoms with van der Waals surface area (Å²) in [5.41, 5.74) is 2.37. The molecule has 7 heteroatoms. The summed E-state index contributed by atoms with van der Waals surface area (Å²) in [5, 5.41) is 0. The van der Waals surface area contributed by atoms with Gasteiger partial charge >= 0.3 is 0 Å². The van der Waals surface area contributed by atoms with Crippen LogP contribution in [0.25, 0.3) is 0 Å². The number of hydrogen-bond acceptors (Lipinski definition) is 4. The number of amides is 3. The van der Waals surface area contributed by atoms with Crippen LogP contribution in [0.15, 0.2) is 48.5 Å². The summed E-state index contributed by atoms with van der Waals surface area (Å²) >= 11 is 0. The van der Waals surface area contributed by atoms with Gasteiger partial charge in [-0.25, -0.2) is 0 Å². The highest BCUT2D eigenvalue weighted by Gasteiger charge is 2.33. The molecule has 2 aliphatic heterocycles. The minimum atomic E-state index is -0.186. The van der Waals surface area contributed by atoms with E-state index in [4.69, 9.17) is 4.74 Å². The molecule has 7 nitrogen and oxygen atoms in total. The van der Waals surface area contributed by atoms with E-state index < -0.39 is 0 Å². The Morgan fingerprint density at radius 3 is 2.18 bits per heavy atom. The average molecular weight is 450 g/mol. The number of benzene rings is 2. The highest BCUT2D eigenvalue weighted by atomic mass is 16.5. The van der Waals surface area contributed by atoms with E-state index >= 15 is 0 Å². The van der Waals surface area contributed by atoms with Gasteiger partial charge in [0.15, 0.2) is 0 Å². The maximum atomic E-state index is 13.2. The Morgan fingerprint density at radius 2 is 1.48 bits per heavy atom. The third-order valence-corrected chi connectivity index (χ3v) is 6.55. The topological polar surface area (TPSA) is 70.2 Å². The Kier molecular flexibility index (Phi) is 6.96. The summed E-state index contributed by atoms with van der Waals surface area (Å²) in [4.78, 5) is 44.4. The summed E-state index contributed by atoms with van der Waals surface area (Å²) in [5.74, 6) is 0.491. The Hall–Kier alpha value is -3.35. The van der Waals surface area contributed by atoms with E-state index in [9.17, 15) is 14.4 Å². The number of carbonyl (C=O) groups excluding carboxylic acids is 3.